The lowest BCUT2D eigenvalue weighted by molar-refractivity contribution is 0.181. The highest BCUT2D eigenvalue weighted by Gasteiger charge is 2.34. The lowest BCUT2D eigenvalue weighted by atomic mass is 9.99. The van der Waals surface area contributed by atoms with E-state index in [0.717, 1.165) is 30.5 Å². The molecular formula is C16H23N5. The van der Waals surface area contributed by atoms with Gasteiger partial charge >= 0.3 is 0 Å². The van der Waals surface area contributed by atoms with Crippen molar-refractivity contribution in [3.05, 3.63) is 30.2 Å². The van der Waals surface area contributed by atoms with Crippen molar-refractivity contribution in [3.63, 3.8) is 0 Å². The summed E-state index contributed by atoms with van der Waals surface area (Å²) in [5, 5.41) is 12.3. The Morgan fingerprint density at radius 2 is 2.14 bits per heavy atom. The van der Waals surface area contributed by atoms with Crippen molar-refractivity contribution in [2.75, 3.05) is 19.6 Å². The summed E-state index contributed by atoms with van der Waals surface area (Å²) in [7, 11) is 0. The highest BCUT2D eigenvalue weighted by molar-refractivity contribution is 5.36. The molecule has 0 spiro atoms. The van der Waals surface area contributed by atoms with Crippen LogP contribution < -0.4 is 5.32 Å². The molecule has 2 aromatic rings. The van der Waals surface area contributed by atoms with E-state index < -0.39 is 0 Å². The summed E-state index contributed by atoms with van der Waals surface area (Å²) in [5.41, 5.74) is 0.937. The van der Waals surface area contributed by atoms with Gasteiger partial charge in [0.2, 0.25) is 0 Å². The molecule has 0 aliphatic carbocycles. The predicted octanol–water partition coefficient (Wildman–Crippen LogP) is 1.49. The van der Waals surface area contributed by atoms with Crippen molar-refractivity contribution >= 4 is 5.65 Å². The van der Waals surface area contributed by atoms with Gasteiger partial charge in [-0.05, 0) is 37.9 Å². The summed E-state index contributed by atoms with van der Waals surface area (Å²) in [6.07, 6.45) is 8.43. The molecule has 2 aliphatic rings. The molecule has 0 saturated carbocycles. The minimum Gasteiger partial charge on any atom is -0.312 e. The first-order chi connectivity index (χ1) is 10.4. The van der Waals surface area contributed by atoms with Crippen molar-refractivity contribution in [1.82, 2.24) is 24.8 Å². The van der Waals surface area contributed by atoms with E-state index >= 15 is 0 Å². The van der Waals surface area contributed by atoms with Crippen LogP contribution in [0.15, 0.2) is 24.4 Å². The first-order valence-corrected chi connectivity index (χ1v) is 8.18. The molecule has 0 radical (unpaired) electrons. The second kappa shape index (κ2) is 5.73. The van der Waals surface area contributed by atoms with Gasteiger partial charge in [0.1, 0.15) is 5.82 Å². The summed E-state index contributed by atoms with van der Waals surface area (Å²) in [6.45, 7) is 3.57. The molecule has 2 atom stereocenters. The average Bonchev–Trinajstić information content (AvgIpc) is 3.13. The Labute approximate surface area is 125 Å². The van der Waals surface area contributed by atoms with Gasteiger partial charge in [-0.3, -0.25) is 9.30 Å². The molecule has 5 nitrogen and oxygen atoms in total. The third-order valence-electron chi connectivity index (χ3n) is 5.00. The molecule has 112 valence electrons. The molecule has 0 aromatic carbocycles. The number of nitrogens with zero attached hydrogens (tertiary/aromatic N) is 4. The monoisotopic (exact) mass is 285 g/mol. The Balaban J connectivity index is 1.35. The second-order valence-electron chi connectivity index (χ2n) is 6.24. The molecule has 2 aliphatic heterocycles. The second-order valence-corrected chi connectivity index (χ2v) is 6.24. The molecule has 0 bridgehead atoms. The first-order valence-electron chi connectivity index (χ1n) is 8.18. The van der Waals surface area contributed by atoms with E-state index in [1.807, 2.05) is 24.4 Å². The SMILES string of the molecule is c1ccn2c(CCNC3CCN4CCCCC34)nnc2c1. The Kier molecular flexibility index (Phi) is 3.61. The number of rotatable bonds is 4. The first kappa shape index (κ1) is 13.2. The van der Waals surface area contributed by atoms with Gasteiger partial charge in [0, 0.05) is 37.8 Å². The van der Waals surface area contributed by atoms with Crippen LogP contribution in [0.4, 0.5) is 0 Å². The Morgan fingerprint density at radius 1 is 1.14 bits per heavy atom. The van der Waals surface area contributed by atoms with Crippen LogP contribution in [0.25, 0.3) is 5.65 Å². The minimum absolute atomic E-state index is 0.671. The summed E-state index contributed by atoms with van der Waals surface area (Å²) in [4.78, 5) is 2.67. The molecule has 2 aromatic heterocycles. The molecule has 5 heteroatoms. The fourth-order valence-electron chi connectivity index (χ4n) is 3.92. The molecule has 4 heterocycles. The summed E-state index contributed by atoms with van der Waals surface area (Å²) in [6, 6.07) is 7.48. The van der Waals surface area contributed by atoms with Crippen molar-refractivity contribution in [3.8, 4) is 0 Å². The zero-order valence-corrected chi connectivity index (χ0v) is 12.4. The van der Waals surface area contributed by atoms with Gasteiger partial charge in [0.25, 0.3) is 0 Å². The zero-order valence-electron chi connectivity index (χ0n) is 12.4. The van der Waals surface area contributed by atoms with Gasteiger partial charge in [-0.1, -0.05) is 12.5 Å². The maximum Gasteiger partial charge on any atom is 0.160 e. The normalized spacial score (nSPS) is 26.3. The highest BCUT2D eigenvalue weighted by atomic mass is 15.3. The van der Waals surface area contributed by atoms with E-state index in [9.17, 15) is 0 Å². The third-order valence-corrected chi connectivity index (χ3v) is 5.00. The van der Waals surface area contributed by atoms with Crippen molar-refractivity contribution in [2.24, 2.45) is 0 Å². The van der Waals surface area contributed by atoms with Gasteiger partial charge in [-0.15, -0.1) is 10.2 Å². The van der Waals surface area contributed by atoms with E-state index in [1.54, 1.807) is 0 Å². The van der Waals surface area contributed by atoms with Crippen LogP contribution in [0.5, 0.6) is 0 Å². The van der Waals surface area contributed by atoms with Crippen molar-refractivity contribution in [2.45, 2.75) is 44.2 Å². The number of piperidine rings is 1. The van der Waals surface area contributed by atoms with Gasteiger partial charge in [0.15, 0.2) is 5.65 Å². The number of nitrogens with one attached hydrogen (secondary N) is 1. The molecule has 2 unspecified atom stereocenters. The van der Waals surface area contributed by atoms with Gasteiger partial charge in [-0.25, -0.2) is 0 Å². The topological polar surface area (TPSA) is 45.5 Å². The quantitative estimate of drug-likeness (QED) is 0.924. The molecule has 0 amide bonds. The fourth-order valence-corrected chi connectivity index (χ4v) is 3.92. The largest absolute Gasteiger partial charge is 0.312 e. The van der Waals surface area contributed by atoms with Crippen molar-refractivity contribution < 1.29 is 0 Å². The van der Waals surface area contributed by atoms with Crippen LogP contribution in [0.3, 0.4) is 0 Å². The van der Waals surface area contributed by atoms with Crippen LogP contribution in [0.1, 0.15) is 31.5 Å². The third kappa shape index (κ3) is 2.56. The van der Waals surface area contributed by atoms with Gasteiger partial charge in [0.05, 0.1) is 0 Å². The maximum absolute atomic E-state index is 4.30. The highest BCUT2D eigenvalue weighted by Crippen LogP contribution is 2.26. The van der Waals surface area contributed by atoms with E-state index in [1.165, 1.54) is 38.8 Å². The smallest absolute Gasteiger partial charge is 0.160 e. The summed E-state index contributed by atoms with van der Waals surface area (Å²) < 4.78 is 2.09. The van der Waals surface area contributed by atoms with Crippen LogP contribution in [0, 0.1) is 0 Å². The molecule has 2 saturated heterocycles. The van der Waals surface area contributed by atoms with Crippen LogP contribution in [-0.4, -0.2) is 51.2 Å². The van der Waals surface area contributed by atoms with Gasteiger partial charge < -0.3 is 5.32 Å². The molecule has 21 heavy (non-hydrogen) atoms. The van der Waals surface area contributed by atoms with E-state index in [4.69, 9.17) is 0 Å². The van der Waals surface area contributed by atoms with E-state index in [2.05, 4.69) is 24.8 Å². The number of hydrogen-bond acceptors (Lipinski definition) is 4. The molecule has 2 fully saturated rings. The van der Waals surface area contributed by atoms with E-state index in [0.29, 0.717) is 6.04 Å². The van der Waals surface area contributed by atoms with Crippen LogP contribution in [-0.2, 0) is 6.42 Å². The van der Waals surface area contributed by atoms with Crippen molar-refractivity contribution in [1.29, 1.82) is 0 Å². The fraction of sp³-hybridized carbons (Fsp3) is 0.625. The number of pyridine rings is 1. The Hall–Kier alpha value is -1.46. The summed E-state index contributed by atoms with van der Waals surface area (Å²) >= 11 is 0. The summed E-state index contributed by atoms with van der Waals surface area (Å²) in [5.74, 6) is 1.05. The molecule has 1 N–H and O–H groups in total. The Morgan fingerprint density at radius 3 is 3.14 bits per heavy atom. The minimum atomic E-state index is 0.671. The number of aromatic nitrogens is 3. The Bertz CT molecular complexity index is 607. The maximum atomic E-state index is 4.30. The predicted molar refractivity (Wildman–Crippen MR) is 82.3 cm³/mol. The lowest BCUT2D eigenvalue weighted by Gasteiger charge is -2.32. The van der Waals surface area contributed by atoms with Gasteiger partial charge in [-0.2, -0.15) is 0 Å². The standard InChI is InChI=1S/C16H23N5/c1-3-10-20-12-8-13(14(20)5-1)17-9-7-16-19-18-15-6-2-4-11-21(15)16/h2,4,6,11,13-14,17H,1,3,5,7-10,12H2. The molecular weight excluding hydrogens is 262 g/mol. The van der Waals surface area contributed by atoms with Crippen LogP contribution in [0.2, 0.25) is 0 Å². The van der Waals surface area contributed by atoms with Crippen LogP contribution >= 0.6 is 0 Å². The molecule has 4 rings (SSSR count). The van der Waals surface area contributed by atoms with E-state index in [-0.39, 0.29) is 0 Å². The average molecular weight is 285 g/mol. The zero-order chi connectivity index (χ0) is 14.1. The lowest BCUT2D eigenvalue weighted by Crippen LogP contribution is -2.45. The number of hydrogen-bond donors (Lipinski definition) is 1. The number of fused-ring (bicyclic) bond motifs is 2.